The van der Waals surface area contributed by atoms with Crippen LogP contribution in [0, 0.1) is 11.8 Å². The molecular formula is C12H21N5OS. The van der Waals surface area contributed by atoms with Gasteiger partial charge in [-0.05, 0) is 24.7 Å². The highest BCUT2D eigenvalue weighted by atomic mass is 32.1. The zero-order valence-electron chi connectivity index (χ0n) is 11.4. The molecule has 1 saturated heterocycles. The Balaban J connectivity index is 2.02. The lowest BCUT2D eigenvalue weighted by Crippen LogP contribution is -2.30. The minimum absolute atomic E-state index is 0.208. The number of hydrogen-bond acceptors (Lipinski definition) is 6. The number of rotatable bonds is 4. The Morgan fingerprint density at radius 1 is 1.53 bits per heavy atom. The fourth-order valence-corrected chi connectivity index (χ4v) is 2.98. The lowest BCUT2D eigenvalue weighted by molar-refractivity contribution is -0.131. The molecule has 0 radical (unpaired) electrons. The van der Waals surface area contributed by atoms with Gasteiger partial charge in [-0.25, -0.2) is 5.84 Å². The molecular weight excluding hydrogens is 262 g/mol. The first kappa shape index (κ1) is 14.2. The van der Waals surface area contributed by atoms with E-state index in [0.717, 1.165) is 30.1 Å². The lowest BCUT2D eigenvalue weighted by atomic mass is 9.89. The molecule has 0 spiro atoms. The molecule has 1 aliphatic rings. The van der Waals surface area contributed by atoms with Crippen molar-refractivity contribution in [3.8, 4) is 0 Å². The van der Waals surface area contributed by atoms with Crippen molar-refractivity contribution in [2.75, 3.05) is 12.0 Å². The van der Waals surface area contributed by atoms with E-state index in [9.17, 15) is 4.79 Å². The van der Waals surface area contributed by atoms with Crippen LogP contribution in [0.3, 0.4) is 0 Å². The average Bonchev–Trinajstić information content (AvgIpc) is 2.75. The number of hydrazine groups is 1. The summed E-state index contributed by atoms with van der Waals surface area (Å²) in [6.45, 7) is 5.75. The predicted molar refractivity (Wildman–Crippen MR) is 75.3 cm³/mol. The molecule has 1 aliphatic heterocycles. The highest BCUT2D eigenvalue weighted by molar-refractivity contribution is 7.10. The Morgan fingerprint density at radius 3 is 3.00 bits per heavy atom. The second kappa shape index (κ2) is 6.29. The molecule has 2 rings (SSSR count). The van der Waals surface area contributed by atoms with E-state index in [1.54, 1.807) is 0 Å². The van der Waals surface area contributed by atoms with Crippen LogP contribution in [0.5, 0.6) is 0 Å². The Hall–Kier alpha value is -1.21. The van der Waals surface area contributed by atoms with E-state index in [4.69, 9.17) is 5.84 Å². The summed E-state index contributed by atoms with van der Waals surface area (Å²) in [6, 6.07) is 0. The first-order chi connectivity index (χ1) is 9.11. The molecule has 1 amide bonds. The molecule has 7 heteroatoms. The van der Waals surface area contributed by atoms with E-state index in [1.807, 2.05) is 4.90 Å². The van der Waals surface area contributed by atoms with Crippen molar-refractivity contribution in [2.24, 2.45) is 17.7 Å². The van der Waals surface area contributed by atoms with Crippen molar-refractivity contribution in [3.05, 3.63) is 5.69 Å². The second-order valence-electron chi connectivity index (χ2n) is 5.34. The van der Waals surface area contributed by atoms with E-state index >= 15 is 0 Å². The summed E-state index contributed by atoms with van der Waals surface area (Å²) in [5.41, 5.74) is 3.33. The van der Waals surface area contributed by atoms with Gasteiger partial charge in [0, 0.05) is 24.5 Å². The number of amides is 1. The van der Waals surface area contributed by atoms with Gasteiger partial charge in [-0.15, -0.1) is 5.10 Å². The van der Waals surface area contributed by atoms with Crippen LogP contribution in [0.4, 0.5) is 5.00 Å². The zero-order valence-corrected chi connectivity index (χ0v) is 12.2. The summed E-state index contributed by atoms with van der Waals surface area (Å²) < 4.78 is 3.86. The summed E-state index contributed by atoms with van der Waals surface area (Å²) in [5, 5.41) is 4.77. The van der Waals surface area contributed by atoms with Gasteiger partial charge < -0.3 is 10.3 Å². The maximum atomic E-state index is 12.1. The SMILES string of the molecule is CC(C)C1CCC(=O)N(Cc2nnsc2NN)CC1. The Morgan fingerprint density at radius 2 is 2.32 bits per heavy atom. The number of likely N-dealkylation sites (tertiary alicyclic amines) is 1. The van der Waals surface area contributed by atoms with Crippen LogP contribution in [-0.2, 0) is 11.3 Å². The van der Waals surface area contributed by atoms with Crippen LogP contribution in [-0.4, -0.2) is 26.9 Å². The summed E-state index contributed by atoms with van der Waals surface area (Å²) in [7, 11) is 0. The van der Waals surface area contributed by atoms with Gasteiger partial charge in [0.2, 0.25) is 5.91 Å². The molecule has 6 nitrogen and oxygen atoms in total. The van der Waals surface area contributed by atoms with Gasteiger partial charge in [-0.2, -0.15) is 0 Å². The highest BCUT2D eigenvalue weighted by Crippen LogP contribution is 2.27. The van der Waals surface area contributed by atoms with Crippen LogP contribution in [0.2, 0.25) is 0 Å². The molecule has 1 fully saturated rings. The quantitative estimate of drug-likeness (QED) is 0.648. The fourth-order valence-electron chi connectivity index (χ4n) is 2.49. The molecule has 19 heavy (non-hydrogen) atoms. The minimum atomic E-state index is 0.208. The topological polar surface area (TPSA) is 84.1 Å². The molecule has 0 bridgehead atoms. The molecule has 106 valence electrons. The summed E-state index contributed by atoms with van der Waals surface area (Å²) in [5.74, 6) is 6.88. The first-order valence-corrected chi connectivity index (χ1v) is 7.44. The van der Waals surface area contributed by atoms with Crippen LogP contribution in [0.1, 0.15) is 38.8 Å². The summed E-state index contributed by atoms with van der Waals surface area (Å²) in [4.78, 5) is 14.0. The van der Waals surface area contributed by atoms with Crippen LogP contribution in [0.15, 0.2) is 0 Å². The number of anilines is 1. The molecule has 0 saturated carbocycles. The zero-order chi connectivity index (χ0) is 13.8. The maximum absolute atomic E-state index is 12.1. The third kappa shape index (κ3) is 3.42. The fraction of sp³-hybridized carbons (Fsp3) is 0.750. The van der Waals surface area contributed by atoms with Crippen molar-refractivity contribution in [3.63, 3.8) is 0 Å². The Kier molecular flexibility index (Phi) is 4.71. The molecule has 3 N–H and O–H groups in total. The Bertz CT molecular complexity index is 434. The number of nitrogens with two attached hydrogens (primary N) is 1. The number of aromatic nitrogens is 2. The largest absolute Gasteiger partial charge is 0.337 e. The van der Waals surface area contributed by atoms with Crippen molar-refractivity contribution in [1.82, 2.24) is 14.5 Å². The van der Waals surface area contributed by atoms with Gasteiger partial charge in [0.1, 0.15) is 10.7 Å². The van der Waals surface area contributed by atoms with Crippen LogP contribution < -0.4 is 11.3 Å². The van der Waals surface area contributed by atoms with Gasteiger partial charge >= 0.3 is 0 Å². The third-order valence-electron chi connectivity index (χ3n) is 3.82. The third-order valence-corrected chi connectivity index (χ3v) is 4.52. The molecule has 1 unspecified atom stereocenters. The van der Waals surface area contributed by atoms with E-state index in [0.29, 0.717) is 24.8 Å². The molecule has 2 heterocycles. The average molecular weight is 283 g/mol. The molecule has 0 aliphatic carbocycles. The Labute approximate surface area is 117 Å². The van der Waals surface area contributed by atoms with Crippen LogP contribution in [0.25, 0.3) is 0 Å². The standard InChI is InChI=1S/C12H21N5OS/c1-8(2)9-3-4-11(18)17(6-5-9)7-10-12(14-13)19-16-15-10/h8-9,14H,3-7,13H2,1-2H3. The monoisotopic (exact) mass is 283 g/mol. The minimum Gasteiger partial charge on any atom is -0.337 e. The first-order valence-electron chi connectivity index (χ1n) is 6.67. The number of nitrogens with zero attached hydrogens (tertiary/aromatic N) is 3. The molecule has 1 aromatic heterocycles. The lowest BCUT2D eigenvalue weighted by Gasteiger charge is -2.21. The number of nitrogens with one attached hydrogen (secondary N) is 1. The van der Waals surface area contributed by atoms with Gasteiger partial charge in [0.15, 0.2) is 0 Å². The number of carbonyl (C=O) groups excluding carboxylic acids is 1. The van der Waals surface area contributed by atoms with Gasteiger partial charge in [-0.3, -0.25) is 4.79 Å². The molecule has 1 aromatic rings. The van der Waals surface area contributed by atoms with Crippen molar-refractivity contribution in [1.29, 1.82) is 0 Å². The van der Waals surface area contributed by atoms with E-state index < -0.39 is 0 Å². The van der Waals surface area contributed by atoms with Gasteiger partial charge in [-0.1, -0.05) is 18.3 Å². The predicted octanol–water partition coefficient (Wildman–Crippen LogP) is 1.61. The normalized spacial score (nSPS) is 20.7. The second-order valence-corrected chi connectivity index (χ2v) is 6.09. The van der Waals surface area contributed by atoms with Gasteiger partial charge in [0.25, 0.3) is 0 Å². The molecule has 1 atom stereocenters. The summed E-state index contributed by atoms with van der Waals surface area (Å²) in [6.07, 6.45) is 2.68. The van der Waals surface area contributed by atoms with E-state index in [-0.39, 0.29) is 5.91 Å². The van der Waals surface area contributed by atoms with E-state index in [2.05, 4.69) is 28.9 Å². The molecule has 0 aromatic carbocycles. The van der Waals surface area contributed by atoms with Gasteiger partial charge in [0.05, 0.1) is 6.54 Å². The smallest absolute Gasteiger partial charge is 0.222 e. The van der Waals surface area contributed by atoms with Crippen molar-refractivity contribution >= 4 is 22.4 Å². The maximum Gasteiger partial charge on any atom is 0.222 e. The van der Waals surface area contributed by atoms with Crippen molar-refractivity contribution in [2.45, 2.75) is 39.7 Å². The van der Waals surface area contributed by atoms with Crippen LogP contribution >= 0.6 is 11.5 Å². The number of carbonyl (C=O) groups is 1. The number of hydrogen-bond donors (Lipinski definition) is 2. The van der Waals surface area contributed by atoms with E-state index in [1.165, 1.54) is 11.5 Å². The number of nitrogen functional groups attached to an aromatic ring is 1. The highest BCUT2D eigenvalue weighted by Gasteiger charge is 2.25. The summed E-state index contributed by atoms with van der Waals surface area (Å²) >= 11 is 1.21. The van der Waals surface area contributed by atoms with Crippen molar-refractivity contribution < 1.29 is 4.79 Å².